The standard InChI is InChI=1S/C12H14ClN3OS/c1-3-8(2)14-10(17)5-4-9-11(13)15-12-16(9)6-7-18-12/h4-8H,3H2,1-2H3,(H,14,17). The van der Waals surface area contributed by atoms with E-state index in [0.717, 1.165) is 17.1 Å². The maximum Gasteiger partial charge on any atom is 0.244 e. The normalized spacial score (nSPS) is 13.3. The van der Waals surface area contributed by atoms with Gasteiger partial charge in [-0.05, 0) is 19.4 Å². The minimum absolute atomic E-state index is 0.120. The van der Waals surface area contributed by atoms with E-state index in [2.05, 4.69) is 10.3 Å². The highest BCUT2D eigenvalue weighted by atomic mass is 35.5. The first-order chi connectivity index (χ1) is 8.61. The quantitative estimate of drug-likeness (QED) is 0.877. The van der Waals surface area contributed by atoms with Gasteiger partial charge in [0.2, 0.25) is 5.91 Å². The van der Waals surface area contributed by atoms with Crippen LogP contribution in [0, 0.1) is 0 Å². The highest BCUT2D eigenvalue weighted by molar-refractivity contribution is 7.15. The molecule has 0 saturated heterocycles. The van der Waals surface area contributed by atoms with Crippen LogP contribution in [0.5, 0.6) is 0 Å². The number of aromatic nitrogens is 2. The first kappa shape index (κ1) is 13.1. The Morgan fingerprint density at radius 2 is 2.50 bits per heavy atom. The fraction of sp³-hybridized carbons (Fsp3) is 0.333. The molecule has 1 amide bonds. The predicted molar refractivity (Wildman–Crippen MR) is 75.0 cm³/mol. The zero-order valence-electron chi connectivity index (χ0n) is 10.2. The second kappa shape index (κ2) is 5.54. The highest BCUT2D eigenvalue weighted by Gasteiger charge is 2.09. The van der Waals surface area contributed by atoms with Gasteiger partial charge in [0.15, 0.2) is 10.1 Å². The Hall–Kier alpha value is -1.33. The lowest BCUT2D eigenvalue weighted by molar-refractivity contribution is -0.117. The van der Waals surface area contributed by atoms with E-state index in [4.69, 9.17) is 11.6 Å². The van der Waals surface area contributed by atoms with E-state index >= 15 is 0 Å². The zero-order valence-corrected chi connectivity index (χ0v) is 11.8. The Morgan fingerprint density at radius 1 is 1.72 bits per heavy atom. The van der Waals surface area contributed by atoms with Gasteiger partial charge in [0, 0.05) is 23.7 Å². The van der Waals surface area contributed by atoms with Gasteiger partial charge in [-0.3, -0.25) is 9.20 Å². The lowest BCUT2D eigenvalue weighted by atomic mass is 10.2. The van der Waals surface area contributed by atoms with Crippen molar-refractivity contribution in [1.82, 2.24) is 14.7 Å². The number of nitrogens with one attached hydrogen (secondary N) is 1. The Labute approximate surface area is 114 Å². The van der Waals surface area contributed by atoms with Crippen LogP contribution in [0.3, 0.4) is 0 Å². The molecule has 0 bridgehead atoms. The number of rotatable bonds is 4. The average Bonchev–Trinajstić information content (AvgIpc) is 2.87. The van der Waals surface area contributed by atoms with Crippen LogP contribution in [0.15, 0.2) is 17.7 Å². The molecule has 0 aliphatic rings. The maximum absolute atomic E-state index is 11.6. The molecule has 2 aromatic heterocycles. The van der Waals surface area contributed by atoms with Gasteiger partial charge >= 0.3 is 0 Å². The molecule has 0 aliphatic carbocycles. The van der Waals surface area contributed by atoms with Gasteiger partial charge in [0.1, 0.15) is 0 Å². The van der Waals surface area contributed by atoms with E-state index in [9.17, 15) is 4.79 Å². The number of carbonyl (C=O) groups is 1. The lowest BCUT2D eigenvalue weighted by Crippen LogP contribution is -2.30. The molecule has 0 radical (unpaired) electrons. The molecule has 4 nitrogen and oxygen atoms in total. The van der Waals surface area contributed by atoms with Crippen LogP contribution in [0.4, 0.5) is 0 Å². The van der Waals surface area contributed by atoms with Gasteiger partial charge in [0.25, 0.3) is 0 Å². The summed E-state index contributed by atoms with van der Waals surface area (Å²) < 4.78 is 1.86. The minimum atomic E-state index is -0.120. The van der Waals surface area contributed by atoms with Crippen molar-refractivity contribution in [2.45, 2.75) is 26.3 Å². The second-order valence-corrected chi connectivity index (χ2v) is 5.23. The first-order valence-electron chi connectivity index (χ1n) is 5.71. The van der Waals surface area contributed by atoms with Gasteiger partial charge in [-0.25, -0.2) is 4.98 Å². The number of hydrogen-bond acceptors (Lipinski definition) is 3. The third-order valence-corrected chi connectivity index (χ3v) is 3.68. The SMILES string of the molecule is CCC(C)NC(=O)C=Cc1c(Cl)nc2sccn12. The molecule has 6 heteroatoms. The second-order valence-electron chi connectivity index (χ2n) is 3.99. The summed E-state index contributed by atoms with van der Waals surface area (Å²) in [4.78, 5) is 16.6. The van der Waals surface area contributed by atoms with E-state index in [1.807, 2.05) is 29.8 Å². The lowest BCUT2D eigenvalue weighted by Gasteiger charge is -2.08. The summed E-state index contributed by atoms with van der Waals surface area (Å²) in [5.74, 6) is -0.120. The van der Waals surface area contributed by atoms with Crippen molar-refractivity contribution in [3.8, 4) is 0 Å². The van der Waals surface area contributed by atoms with Gasteiger partial charge in [-0.2, -0.15) is 0 Å². The predicted octanol–water partition coefficient (Wildman–Crippen LogP) is 2.98. The van der Waals surface area contributed by atoms with Crippen LogP contribution in [0.2, 0.25) is 5.15 Å². The molecular formula is C12H14ClN3OS. The summed E-state index contributed by atoms with van der Waals surface area (Å²) in [5, 5.41) is 5.19. The molecule has 0 aliphatic heterocycles. The monoisotopic (exact) mass is 283 g/mol. The van der Waals surface area contributed by atoms with Crippen LogP contribution in [-0.2, 0) is 4.79 Å². The number of thiazole rings is 1. The molecule has 2 heterocycles. The van der Waals surface area contributed by atoms with Crippen LogP contribution in [0.1, 0.15) is 26.0 Å². The molecule has 0 spiro atoms. The fourth-order valence-corrected chi connectivity index (χ4v) is 2.48. The van der Waals surface area contributed by atoms with Crippen molar-refractivity contribution in [2.24, 2.45) is 0 Å². The largest absolute Gasteiger partial charge is 0.350 e. The molecule has 96 valence electrons. The molecule has 1 atom stereocenters. The third kappa shape index (κ3) is 2.73. The van der Waals surface area contributed by atoms with Gasteiger partial charge in [-0.15, -0.1) is 11.3 Å². The topological polar surface area (TPSA) is 46.4 Å². The van der Waals surface area contributed by atoms with Gasteiger partial charge in [0.05, 0.1) is 5.69 Å². The molecule has 2 aromatic rings. The van der Waals surface area contributed by atoms with Crippen LogP contribution < -0.4 is 5.32 Å². The van der Waals surface area contributed by atoms with Crippen molar-refractivity contribution < 1.29 is 4.79 Å². The summed E-state index contributed by atoms with van der Waals surface area (Å²) >= 11 is 7.52. The summed E-state index contributed by atoms with van der Waals surface area (Å²) in [5.41, 5.74) is 0.729. The molecule has 0 aromatic carbocycles. The van der Waals surface area contributed by atoms with Crippen molar-refractivity contribution >= 4 is 39.9 Å². The summed E-state index contributed by atoms with van der Waals surface area (Å²) in [7, 11) is 0. The van der Waals surface area contributed by atoms with Gasteiger partial charge < -0.3 is 5.32 Å². The van der Waals surface area contributed by atoms with E-state index in [0.29, 0.717) is 5.15 Å². The van der Waals surface area contributed by atoms with Crippen LogP contribution in [-0.4, -0.2) is 21.3 Å². The Morgan fingerprint density at radius 3 is 3.22 bits per heavy atom. The average molecular weight is 284 g/mol. The Bertz CT molecular complexity index is 587. The summed E-state index contributed by atoms with van der Waals surface area (Å²) in [6.45, 7) is 3.99. The maximum atomic E-state index is 11.6. The van der Waals surface area contributed by atoms with E-state index in [-0.39, 0.29) is 11.9 Å². The van der Waals surface area contributed by atoms with Crippen molar-refractivity contribution in [3.63, 3.8) is 0 Å². The molecule has 0 saturated carbocycles. The fourth-order valence-electron chi connectivity index (χ4n) is 1.47. The minimum Gasteiger partial charge on any atom is -0.350 e. The number of imidazole rings is 1. The van der Waals surface area contributed by atoms with Crippen molar-refractivity contribution in [2.75, 3.05) is 0 Å². The first-order valence-corrected chi connectivity index (χ1v) is 6.97. The molecule has 1 N–H and O–H groups in total. The number of halogens is 1. The van der Waals surface area contributed by atoms with Crippen molar-refractivity contribution in [3.05, 3.63) is 28.5 Å². The molecule has 18 heavy (non-hydrogen) atoms. The highest BCUT2D eigenvalue weighted by Crippen LogP contribution is 2.22. The Kier molecular flexibility index (Phi) is 4.04. The van der Waals surface area contributed by atoms with E-state index < -0.39 is 0 Å². The molecular weight excluding hydrogens is 270 g/mol. The van der Waals surface area contributed by atoms with Crippen molar-refractivity contribution in [1.29, 1.82) is 0 Å². The third-order valence-electron chi connectivity index (χ3n) is 2.65. The number of fused-ring (bicyclic) bond motifs is 1. The molecule has 2 rings (SSSR count). The van der Waals surface area contributed by atoms with E-state index in [1.165, 1.54) is 17.4 Å². The number of nitrogens with zero attached hydrogens (tertiary/aromatic N) is 2. The Balaban J connectivity index is 2.15. The summed E-state index contributed by atoms with van der Waals surface area (Å²) in [6, 6.07) is 0.171. The van der Waals surface area contributed by atoms with Crippen LogP contribution in [0.25, 0.3) is 11.0 Å². The number of hydrogen-bond donors (Lipinski definition) is 1. The zero-order chi connectivity index (χ0) is 13.1. The smallest absolute Gasteiger partial charge is 0.244 e. The molecule has 1 unspecified atom stereocenters. The van der Waals surface area contributed by atoms with E-state index in [1.54, 1.807) is 6.08 Å². The number of amides is 1. The molecule has 0 fully saturated rings. The summed E-state index contributed by atoms with van der Waals surface area (Å²) in [6.07, 6.45) is 5.96. The number of carbonyl (C=O) groups excluding carboxylic acids is 1. The van der Waals surface area contributed by atoms with Gasteiger partial charge in [-0.1, -0.05) is 18.5 Å². The van der Waals surface area contributed by atoms with Crippen LogP contribution >= 0.6 is 22.9 Å².